The summed E-state index contributed by atoms with van der Waals surface area (Å²) < 4.78 is 64.5. The quantitative estimate of drug-likeness (QED) is 0.508. The maximum absolute atomic E-state index is 14.1. The molecule has 0 radical (unpaired) electrons. The first-order chi connectivity index (χ1) is 14.4. The lowest BCUT2D eigenvalue weighted by Gasteiger charge is -2.32. The predicted octanol–water partition coefficient (Wildman–Crippen LogP) is 3.54. The number of fused-ring (bicyclic) bond motifs is 2. The zero-order chi connectivity index (χ0) is 21.0. The number of benzene rings is 1. The minimum absolute atomic E-state index is 0.0810. The van der Waals surface area contributed by atoms with Crippen LogP contribution in [0.2, 0.25) is 0 Å². The Morgan fingerprint density at radius 2 is 2.10 bits per heavy atom. The van der Waals surface area contributed by atoms with Gasteiger partial charge in [0.05, 0.1) is 12.0 Å². The molecule has 0 bridgehead atoms. The van der Waals surface area contributed by atoms with Crippen molar-refractivity contribution in [3.63, 3.8) is 0 Å². The van der Waals surface area contributed by atoms with Gasteiger partial charge in [-0.3, -0.25) is 4.79 Å². The maximum atomic E-state index is 14.1. The van der Waals surface area contributed by atoms with Crippen LogP contribution in [0.5, 0.6) is 0 Å². The average molecular weight is 421 g/mol. The number of carbonyl (C=O) groups is 1. The summed E-state index contributed by atoms with van der Waals surface area (Å²) in [5.74, 6) is -3.46. The molecule has 4 heterocycles. The molecule has 0 saturated carbocycles. The van der Waals surface area contributed by atoms with Gasteiger partial charge in [0.1, 0.15) is 11.3 Å². The van der Waals surface area contributed by atoms with Crippen LogP contribution in [-0.4, -0.2) is 37.3 Å². The average Bonchev–Trinajstić information content (AvgIpc) is 3.44. The Morgan fingerprint density at radius 1 is 1.27 bits per heavy atom. The summed E-state index contributed by atoms with van der Waals surface area (Å²) in [5.41, 5.74) is -0.165. The van der Waals surface area contributed by atoms with Gasteiger partial charge < -0.3 is 18.7 Å². The predicted molar refractivity (Wildman–Crippen MR) is 90.6 cm³/mol. The number of hydrogen-bond donors (Lipinski definition) is 1. The summed E-state index contributed by atoms with van der Waals surface area (Å²) in [7, 11) is 0. The number of nitrogens with zero attached hydrogens (tertiary/aromatic N) is 4. The molecule has 0 spiro atoms. The van der Waals surface area contributed by atoms with Gasteiger partial charge >= 0.3 is 0 Å². The minimum atomic E-state index is -3.02. The standard InChI is InChI=1S/C18H11F4N5O3/c19-7-3-8(20)14-10(4-7)26-17(30-14)13-11-9(23-5-24-11)1-2-27(13)18(28)15-12(16(21)22)25-6-29-15/h3-6,13,16H,1-2H2,(H,23,24)/t13-/m0/s1. The van der Waals surface area contributed by atoms with Crippen molar-refractivity contribution in [1.82, 2.24) is 24.8 Å². The van der Waals surface area contributed by atoms with E-state index in [9.17, 15) is 22.4 Å². The Labute approximate surface area is 164 Å². The van der Waals surface area contributed by atoms with E-state index in [1.165, 1.54) is 11.2 Å². The molecule has 12 heteroatoms. The van der Waals surface area contributed by atoms with Crippen molar-refractivity contribution < 1.29 is 31.2 Å². The van der Waals surface area contributed by atoms with Crippen LogP contribution >= 0.6 is 0 Å². The number of halogens is 4. The minimum Gasteiger partial charge on any atom is -0.438 e. The zero-order valence-electron chi connectivity index (χ0n) is 14.9. The lowest BCUT2D eigenvalue weighted by molar-refractivity contribution is 0.0620. The fourth-order valence-electron chi connectivity index (χ4n) is 3.54. The molecule has 3 aromatic heterocycles. The van der Waals surface area contributed by atoms with Gasteiger partial charge in [-0.1, -0.05) is 0 Å². The van der Waals surface area contributed by atoms with Crippen LogP contribution in [0.25, 0.3) is 11.1 Å². The van der Waals surface area contributed by atoms with Crippen LogP contribution in [0, 0.1) is 11.6 Å². The molecule has 1 aliphatic rings. The number of aromatic nitrogens is 4. The van der Waals surface area contributed by atoms with E-state index in [-0.39, 0.29) is 23.5 Å². The van der Waals surface area contributed by atoms with Gasteiger partial charge in [0, 0.05) is 30.8 Å². The molecular formula is C18H11F4N5O3. The maximum Gasteiger partial charge on any atom is 0.292 e. The number of carbonyl (C=O) groups excluding carboxylic acids is 1. The number of aromatic amines is 1. The fraction of sp³-hybridized carbons (Fsp3) is 0.222. The number of amides is 1. The molecule has 0 aliphatic carbocycles. The van der Waals surface area contributed by atoms with Gasteiger partial charge in [0.2, 0.25) is 11.7 Å². The molecule has 1 N–H and O–H groups in total. The summed E-state index contributed by atoms with van der Waals surface area (Å²) >= 11 is 0. The molecule has 1 amide bonds. The Kier molecular flexibility index (Phi) is 4.08. The molecular weight excluding hydrogens is 410 g/mol. The highest BCUT2D eigenvalue weighted by atomic mass is 19.3. The number of alkyl halides is 2. The summed E-state index contributed by atoms with van der Waals surface area (Å²) in [5, 5.41) is 0. The van der Waals surface area contributed by atoms with E-state index in [0.717, 1.165) is 12.5 Å². The van der Waals surface area contributed by atoms with Crippen molar-refractivity contribution in [3.8, 4) is 0 Å². The Hall–Kier alpha value is -3.70. The first kappa shape index (κ1) is 18.3. The van der Waals surface area contributed by atoms with Crippen LogP contribution in [0.1, 0.15) is 46.0 Å². The van der Waals surface area contributed by atoms with Gasteiger partial charge in [0.25, 0.3) is 12.3 Å². The molecule has 5 rings (SSSR count). The highest BCUT2D eigenvalue weighted by Gasteiger charge is 2.40. The van der Waals surface area contributed by atoms with E-state index >= 15 is 0 Å². The summed E-state index contributed by atoms with van der Waals surface area (Å²) in [6.07, 6.45) is -0.522. The lowest BCUT2D eigenvalue weighted by Crippen LogP contribution is -2.41. The molecule has 8 nitrogen and oxygen atoms in total. The van der Waals surface area contributed by atoms with Crippen molar-refractivity contribution in [2.24, 2.45) is 0 Å². The molecule has 4 aromatic rings. The summed E-state index contributed by atoms with van der Waals surface area (Å²) in [6.45, 7) is 0.0810. The second-order valence-electron chi connectivity index (χ2n) is 6.57. The smallest absolute Gasteiger partial charge is 0.292 e. The highest BCUT2D eigenvalue weighted by Crippen LogP contribution is 2.37. The van der Waals surface area contributed by atoms with E-state index in [1.54, 1.807) is 0 Å². The molecule has 0 fully saturated rings. The molecule has 154 valence electrons. The van der Waals surface area contributed by atoms with Gasteiger partial charge in [-0.25, -0.2) is 32.5 Å². The van der Waals surface area contributed by atoms with E-state index in [1.807, 2.05) is 0 Å². The molecule has 0 unspecified atom stereocenters. The number of rotatable bonds is 3. The zero-order valence-corrected chi connectivity index (χ0v) is 14.9. The van der Waals surface area contributed by atoms with Crippen molar-refractivity contribution in [2.45, 2.75) is 18.9 Å². The monoisotopic (exact) mass is 421 g/mol. The number of H-pyrrole nitrogens is 1. The SMILES string of the molecule is O=C(c1ocnc1C(F)F)N1CCc2[nH]cnc2[C@H]1c1nc2cc(F)cc(F)c2o1. The third-order valence-electron chi connectivity index (χ3n) is 4.84. The van der Waals surface area contributed by atoms with Crippen molar-refractivity contribution >= 4 is 17.0 Å². The second kappa shape index (κ2) is 6.68. The molecule has 30 heavy (non-hydrogen) atoms. The Balaban J connectivity index is 1.64. The fourth-order valence-corrected chi connectivity index (χ4v) is 3.54. The highest BCUT2D eigenvalue weighted by molar-refractivity contribution is 5.93. The Morgan fingerprint density at radius 3 is 2.90 bits per heavy atom. The van der Waals surface area contributed by atoms with Crippen LogP contribution in [0.15, 0.2) is 33.7 Å². The van der Waals surface area contributed by atoms with E-state index < -0.39 is 41.5 Å². The van der Waals surface area contributed by atoms with E-state index in [4.69, 9.17) is 8.83 Å². The Bertz CT molecular complexity index is 1260. The molecule has 1 atom stereocenters. The summed E-state index contributed by atoms with van der Waals surface area (Å²) in [4.78, 5) is 28.9. The first-order valence-corrected chi connectivity index (χ1v) is 8.74. The van der Waals surface area contributed by atoms with Gasteiger partial charge in [-0.15, -0.1) is 0 Å². The largest absolute Gasteiger partial charge is 0.438 e. The van der Waals surface area contributed by atoms with E-state index in [2.05, 4.69) is 19.9 Å². The third-order valence-corrected chi connectivity index (χ3v) is 4.84. The summed E-state index contributed by atoms with van der Waals surface area (Å²) in [6, 6.07) is 0.555. The molecule has 0 saturated heterocycles. The lowest BCUT2D eigenvalue weighted by atomic mass is 10.0. The van der Waals surface area contributed by atoms with Crippen LogP contribution in [0.3, 0.4) is 0 Å². The second-order valence-corrected chi connectivity index (χ2v) is 6.57. The first-order valence-electron chi connectivity index (χ1n) is 8.74. The van der Waals surface area contributed by atoms with E-state index in [0.29, 0.717) is 23.9 Å². The molecule has 1 aliphatic heterocycles. The van der Waals surface area contributed by atoms with Gasteiger partial charge in [0.15, 0.2) is 29.5 Å². The van der Waals surface area contributed by atoms with Crippen molar-refractivity contribution in [2.75, 3.05) is 6.54 Å². The van der Waals surface area contributed by atoms with Crippen LogP contribution in [-0.2, 0) is 6.42 Å². The molecule has 1 aromatic carbocycles. The van der Waals surface area contributed by atoms with Crippen molar-refractivity contribution in [3.05, 3.63) is 65.2 Å². The number of oxazole rings is 2. The van der Waals surface area contributed by atoms with Crippen LogP contribution < -0.4 is 0 Å². The third kappa shape index (κ3) is 2.75. The topological polar surface area (TPSA) is 101 Å². The van der Waals surface area contributed by atoms with Gasteiger partial charge in [-0.2, -0.15) is 0 Å². The van der Waals surface area contributed by atoms with Crippen LogP contribution in [0.4, 0.5) is 17.6 Å². The number of hydrogen-bond acceptors (Lipinski definition) is 6. The number of nitrogens with one attached hydrogen (secondary N) is 1. The normalized spacial score (nSPS) is 16.4. The van der Waals surface area contributed by atoms with Gasteiger partial charge in [-0.05, 0) is 0 Å². The number of imidazole rings is 1. The van der Waals surface area contributed by atoms with Crippen molar-refractivity contribution in [1.29, 1.82) is 0 Å².